The van der Waals surface area contributed by atoms with Gasteiger partial charge in [-0.1, -0.05) is 19.0 Å². The van der Waals surface area contributed by atoms with Gasteiger partial charge in [-0.25, -0.2) is 0 Å². The van der Waals surface area contributed by atoms with E-state index in [0.29, 0.717) is 5.92 Å². The first-order valence-electron chi connectivity index (χ1n) is 3.35. The fourth-order valence-electron chi connectivity index (χ4n) is 0.775. The van der Waals surface area contributed by atoms with Crippen molar-refractivity contribution in [3.8, 4) is 0 Å². The van der Waals surface area contributed by atoms with Gasteiger partial charge < -0.3 is 5.11 Å². The van der Waals surface area contributed by atoms with Gasteiger partial charge in [0.2, 0.25) is 0 Å². The standard InChI is InChI=1S/C6H13N3O/c1-5(2)3-6(4-10)8-9-7/h5-6,10H,3-4H2,1-2H3/t6-/m0/s1. The molecule has 0 aliphatic heterocycles. The van der Waals surface area contributed by atoms with Gasteiger partial charge in [0.1, 0.15) is 0 Å². The summed E-state index contributed by atoms with van der Waals surface area (Å²) in [6, 6.07) is -0.245. The number of aliphatic hydroxyl groups is 1. The van der Waals surface area contributed by atoms with Crippen LogP contribution in [0.3, 0.4) is 0 Å². The molecular weight excluding hydrogens is 130 g/mol. The summed E-state index contributed by atoms with van der Waals surface area (Å²) in [6.07, 6.45) is 0.751. The van der Waals surface area contributed by atoms with E-state index in [-0.39, 0.29) is 12.6 Å². The third-order valence-electron chi connectivity index (χ3n) is 1.17. The highest BCUT2D eigenvalue weighted by atomic mass is 16.3. The molecule has 0 aromatic rings. The lowest BCUT2D eigenvalue weighted by atomic mass is 10.1. The molecule has 0 radical (unpaired) electrons. The minimum atomic E-state index is -0.245. The highest BCUT2D eigenvalue weighted by Crippen LogP contribution is 2.07. The van der Waals surface area contributed by atoms with E-state index in [1.807, 2.05) is 13.8 Å². The maximum absolute atomic E-state index is 8.64. The Morgan fingerprint density at radius 3 is 2.50 bits per heavy atom. The Hall–Kier alpha value is -0.730. The SMILES string of the molecule is CC(C)C[C@@H](CO)N=[N+]=[N-]. The van der Waals surface area contributed by atoms with Crippen LogP contribution in [0.4, 0.5) is 0 Å². The molecule has 58 valence electrons. The summed E-state index contributed by atoms with van der Waals surface area (Å²) in [4.78, 5) is 2.62. The van der Waals surface area contributed by atoms with Crippen molar-refractivity contribution < 1.29 is 5.11 Å². The van der Waals surface area contributed by atoms with Crippen LogP contribution in [0.15, 0.2) is 5.11 Å². The third-order valence-corrected chi connectivity index (χ3v) is 1.17. The lowest BCUT2D eigenvalue weighted by Gasteiger charge is -2.08. The fraction of sp³-hybridized carbons (Fsp3) is 1.00. The molecule has 0 saturated carbocycles. The van der Waals surface area contributed by atoms with Crippen LogP contribution >= 0.6 is 0 Å². The normalized spacial score (nSPS) is 12.8. The molecule has 4 heteroatoms. The molecule has 0 saturated heterocycles. The molecule has 1 atom stereocenters. The molecule has 0 bridgehead atoms. The van der Waals surface area contributed by atoms with Crippen LogP contribution in [-0.4, -0.2) is 17.8 Å². The monoisotopic (exact) mass is 143 g/mol. The number of hydrogen-bond acceptors (Lipinski definition) is 2. The summed E-state index contributed by atoms with van der Waals surface area (Å²) in [6.45, 7) is 3.99. The average molecular weight is 143 g/mol. The van der Waals surface area contributed by atoms with Crippen molar-refractivity contribution in [2.45, 2.75) is 26.3 Å². The Bertz CT molecular complexity index is 129. The van der Waals surface area contributed by atoms with Crippen molar-refractivity contribution in [1.29, 1.82) is 0 Å². The van der Waals surface area contributed by atoms with Gasteiger partial charge >= 0.3 is 0 Å². The summed E-state index contributed by atoms with van der Waals surface area (Å²) < 4.78 is 0. The molecule has 0 spiro atoms. The first-order chi connectivity index (χ1) is 4.70. The van der Waals surface area contributed by atoms with Crippen LogP contribution in [0.5, 0.6) is 0 Å². The van der Waals surface area contributed by atoms with Gasteiger partial charge in [-0.2, -0.15) is 0 Å². The van der Waals surface area contributed by atoms with Gasteiger partial charge in [-0.15, -0.1) is 0 Å². The molecule has 0 fully saturated rings. The van der Waals surface area contributed by atoms with Crippen LogP contribution in [0.25, 0.3) is 10.4 Å². The molecule has 0 unspecified atom stereocenters. The van der Waals surface area contributed by atoms with Crippen molar-refractivity contribution in [1.82, 2.24) is 0 Å². The second-order valence-corrected chi connectivity index (χ2v) is 2.67. The van der Waals surface area contributed by atoms with E-state index in [0.717, 1.165) is 6.42 Å². The molecule has 4 nitrogen and oxygen atoms in total. The average Bonchev–Trinajstić information content (AvgIpc) is 1.86. The van der Waals surface area contributed by atoms with Gasteiger partial charge in [-0.3, -0.25) is 0 Å². The van der Waals surface area contributed by atoms with Gasteiger partial charge in [0.25, 0.3) is 0 Å². The molecule has 0 heterocycles. The zero-order chi connectivity index (χ0) is 7.98. The van der Waals surface area contributed by atoms with Gasteiger partial charge in [0.05, 0.1) is 12.6 Å². The molecule has 10 heavy (non-hydrogen) atoms. The van der Waals surface area contributed by atoms with Crippen molar-refractivity contribution in [3.63, 3.8) is 0 Å². The van der Waals surface area contributed by atoms with Crippen molar-refractivity contribution >= 4 is 0 Å². The highest BCUT2D eigenvalue weighted by molar-refractivity contribution is 4.66. The number of hydrogen-bond donors (Lipinski definition) is 1. The van der Waals surface area contributed by atoms with Crippen LogP contribution in [0, 0.1) is 5.92 Å². The van der Waals surface area contributed by atoms with E-state index >= 15 is 0 Å². The number of azide groups is 1. The van der Waals surface area contributed by atoms with Crippen molar-refractivity contribution in [2.24, 2.45) is 11.0 Å². The topological polar surface area (TPSA) is 69.0 Å². The fourth-order valence-corrected chi connectivity index (χ4v) is 0.775. The Labute approximate surface area is 60.5 Å². The van der Waals surface area contributed by atoms with Crippen LogP contribution in [0.2, 0.25) is 0 Å². The minimum absolute atomic E-state index is 0.0533. The first-order valence-corrected chi connectivity index (χ1v) is 3.35. The summed E-state index contributed by atoms with van der Waals surface area (Å²) >= 11 is 0. The van der Waals surface area contributed by atoms with Crippen LogP contribution in [-0.2, 0) is 0 Å². The maximum atomic E-state index is 8.64. The van der Waals surface area contributed by atoms with E-state index in [1.54, 1.807) is 0 Å². The summed E-state index contributed by atoms with van der Waals surface area (Å²) in [5, 5.41) is 12.1. The number of nitrogens with zero attached hydrogens (tertiary/aromatic N) is 3. The molecule has 0 rings (SSSR count). The van der Waals surface area contributed by atoms with Gasteiger partial charge in [0, 0.05) is 4.91 Å². The number of aliphatic hydroxyl groups excluding tert-OH is 1. The second-order valence-electron chi connectivity index (χ2n) is 2.67. The van der Waals surface area contributed by atoms with E-state index in [9.17, 15) is 0 Å². The van der Waals surface area contributed by atoms with Crippen molar-refractivity contribution in [3.05, 3.63) is 10.4 Å². The second kappa shape index (κ2) is 5.09. The summed E-state index contributed by atoms with van der Waals surface area (Å²) in [7, 11) is 0. The van der Waals surface area contributed by atoms with Gasteiger partial charge in [-0.05, 0) is 17.9 Å². The Balaban J connectivity index is 3.71. The molecule has 0 aromatic carbocycles. The molecule has 0 aliphatic carbocycles. The van der Waals surface area contributed by atoms with Crippen molar-refractivity contribution in [2.75, 3.05) is 6.61 Å². The maximum Gasteiger partial charge on any atom is 0.0607 e. The largest absolute Gasteiger partial charge is 0.396 e. The Kier molecular flexibility index (Phi) is 4.72. The number of rotatable bonds is 4. The predicted molar refractivity (Wildman–Crippen MR) is 39.5 cm³/mol. The lowest BCUT2D eigenvalue weighted by Crippen LogP contribution is -2.11. The summed E-state index contributed by atoms with van der Waals surface area (Å²) in [5.41, 5.74) is 8.03. The smallest absolute Gasteiger partial charge is 0.0607 e. The molecule has 1 N–H and O–H groups in total. The molecule has 0 aliphatic rings. The van der Waals surface area contributed by atoms with E-state index in [2.05, 4.69) is 10.0 Å². The molecule has 0 aromatic heterocycles. The Morgan fingerprint density at radius 1 is 1.60 bits per heavy atom. The molecule has 0 amide bonds. The zero-order valence-electron chi connectivity index (χ0n) is 6.36. The van der Waals surface area contributed by atoms with E-state index in [1.165, 1.54) is 0 Å². The van der Waals surface area contributed by atoms with E-state index in [4.69, 9.17) is 10.6 Å². The highest BCUT2D eigenvalue weighted by Gasteiger charge is 2.05. The lowest BCUT2D eigenvalue weighted by molar-refractivity contribution is 0.250. The predicted octanol–water partition coefficient (Wildman–Crippen LogP) is 1.70. The first kappa shape index (κ1) is 9.27. The third kappa shape index (κ3) is 4.18. The van der Waals surface area contributed by atoms with Gasteiger partial charge in [0.15, 0.2) is 0 Å². The summed E-state index contributed by atoms with van der Waals surface area (Å²) in [5.74, 6) is 0.461. The molecular formula is C6H13N3O. The quantitative estimate of drug-likeness (QED) is 0.363. The minimum Gasteiger partial charge on any atom is -0.396 e. The van der Waals surface area contributed by atoms with E-state index < -0.39 is 0 Å². The Morgan fingerprint density at radius 2 is 2.20 bits per heavy atom. The zero-order valence-corrected chi connectivity index (χ0v) is 6.36. The van der Waals surface area contributed by atoms with Crippen LogP contribution < -0.4 is 0 Å². The van der Waals surface area contributed by atoms with Crippen LogP contribution in [0.1, 0.15) is 20.3 Å².